The highest BCUT2D eigenvalue weighted by molar-refractivity contribution is 9.10. The fourth-order valence-corrected chi connectivity index (χ4v) is 1.62. The molecular weight excluding hydrogens is 250 g/mol. The van der Waals surface area contributed by atoms with E-state index >= 15 is 0 Å². The Morgan fingerprint density at radius 2 is 2.29 bits per heavy atom. The van der Waals surface area contributed by atoms with Gasteiger partial charge in [-0.3, -0.25) is 10.1 Å². The normalized spacial score (nSPS) is 12.5. The number of nitrogens with zero attached hydrogens (tertiary/aromatic N) is 1. The fraction of sp³-hybridized carbons (Fsp3) is 0.333. The fourth-order valence-electron chi connectivity index (χ4n) is 1.08. The van der Waals surface area contributed by atoms with Crippen LogP contribution in [-0.4, -0.2) is 16.6 Å². The monoisotopic (exact) mass is 259 g/mol. The van der Waals surface area contributed by atoms with Gasteiger partial charge in [0.25, 0.3) is 5.69 Å². The molecule has 0 bridgehead atoms. The van der Waals surface area contributed by atoms with Crippen molar-refractivity contribution in [3.63, 3.8) is 0 Å². The van der Waals surface area contributed by atoms with Crippen molar-refractivity contribution in [1.82, 2.24) is 0 Å². The van der Waals surface area contributed by atoms with Crippen LogP contribution >= 0.6 is 15.9 Å². The van der Waals surface area contributed by atoms with Gasteiger partial charge in [-0.25, -0.2) is 0 Å². The summed E-state index contributed by atoms with van der Waals surface area (Å²) in [6.45, 7) is 1.89. The highest BCUT2D eigenvalue weighted by Crippen LogP contribution is 2.28. The van der Waals surface area contributed by atoms with Crippen molar-refractivity contribution in [3.05, 3.63) is 38.3 Å². The Bertz CT molecular complexity index is 354. The molecule has 0 aliphatic carbocycles. The van der Waals surface area contributed by atoms with Gasteiger partial charge in [0.1, 0.15) is 0 Å². The third-order valence-corrected chi connectivity index (χ3v) is 2.65. The molecule has 0 aromatic heterocycles. The van der Waals surface area contributed by atoms with Crippen molar-refractivity contribution >= 4 is 21.6 Å². The molecule has 0 amide bonds. The number of aliphatic hydroxyl groups excluding tert-OH is 1. The van der Waals surface area contributed by atoms with Gasteiger partial charge < -0.3 is 5.11 Å². The molecule has 1 rings (SSSR count). The highest BCUT2D eigenvalue weighted by Gasteiger charge is 2.13. The lowest BCUT2D eigenvalue weighted by Crippen LogP contribution is -1.99. The van der Waals surface area contributed by atoms with Crippen LogP contribution in [0.5, 0.6) is 0 Å². The Morgan fingerprint density at radius 3 is 2.71 bits per heavy atom. The zero-order valence-corrected chi connectivity index (χ0v) is 9.19. The van der Waals surface area contributed by atoms with Crippen LogP contribution in [-0.2, 0) is 0 Å². The molecule has 1 atom stereocenters. The molecule has 5 heteroatoms. The maximum Gasteiger partial charge on any atom is 0.283 e. The average molecular weight is 260 g/mol. The second-order valence-corrected chi connectivity index (χ2v) is 3.91. The zero-order chi connectivity index (χ0) is 10.7. The van der Waals surface area contributed by atoms with Crippen LogP contribution in [0.3, 0.4) is 0 Å². The lowest BCUT2D eigenvalue weighted by molar-refractivity contribution is -0.385. The molecule has 0 aliphatic rings. The lowest BCUT2D eigenvalue weighted by atomic mass is 10.0. The first kappa shape index (κ1) is 11.1. The third kappa shape index (κ3) is 2.30. The molecule has 76 valence electrons. The van der Waals surface area contributed by atoms with Crippen LogP contribution in [0.25, 0.3) is 0 Å². The largest absolute Gasteiger partial charge is 0.396 e. The van der Waals surface area contributed by atoms with Crippen LogP contribution in [0, 0.1) is 10.1 Å². The Kier molecular flexibility index (Phi) is 3.60. The van der Waals surface area contributed by atoms with E-state index in [1.807, 2.05) is 6.92 Å². The summed E-state index contributed by atoms with van der Waals surface area (Å²) in [7, 11) is 0. The first-order chi connectivity index (χ1) is 6.56. The van der Waals surface area contributed by atoms with E-state index in [2.05, 4.69) is 15.9 Å². The van der Waals surface area contributed by atoms with Crippen molar-refractivity contribution in [2.45, 2.75) is 12.8 Å². The molecular formula is C9H10BrNO3. The minimum Gasteiger partial charge on any atom is -0.396 e. The number of nitro groups is 1. The van der Waals surface area contributed by atoms with E-state index in [0.29, 0.717) is 4.47 Å². The maximum atomic E-state index is 10.5. The van der Waals surface area contributed by atoms with E-state index < -0.39 is 4.92 Å². The molecule has 1 aromatic rings. The molecule has 0 heterocycles. The van der Waals surface area contributed by atoms with Crippen molar-refractivity contribution in [1.29, 1.82) is 0 Å². The van der Waals surface area contributed by atoms with Crippen LogP contribution in [0.2, 0.25) is 0 Å². The van der Waals surface area contributed by atoms with Crippen molar-refractivity contribution in [3.8, 4) is 0 Å². The summed E-state index contributed by atoms with van der Waals surface area (Å²) < 4.78 is 0.445. The second-order valence-electron chi connectivity index (χ2n) is 3.05. The summed E-state index contributed by atoms with van der Waals surface area (Å²) in [6.07, 6.45) is 0. The van der Waals surface area contributed by atoms with Crippen molar-refractivity contribution < 1.29 is 10.0 Å². The number of hydrogen-bond acceptors (Lipinski definition) is 3. The number of nitro benzene ring substituents is 1. The van der Waals surface area contributed by atoms with Gasteiger partial charge in [-0.2, -0.15) is 0 Å². The van der Waals surface area contributed by atoms with Crippen LogP contribution < -0.4 is 0 Å². The Morgan fingerprint density at radius 1 is 1.64 bits per heavy atom. The molecule has 4 nitrogen and oxygen atoms in total. The minimum absolute atomic E-state index is 0.00731. The first-order valence-electron chi connectivity index (χ1n) is 4.11. The Balaban J connectivity index is 3.06. The molecule has 0 radical (unpaired) electrons. The summed E-state index contributed by atoms with van der Waals surface area (Å²) in [6, 6.07) is 4.76. The standard InChI is InChI=1S/C9H10BrNO3/c1-6(5-12)7-2-3-9(11(13)14)8(10)4-7/h2-4,6,12H,5H2,1H3. The van der Waals surface area contributed by atoms with Crippen molar-refractivity contribution in [2.24, 2.45) is 0 Å². The zero-order valence-electron chi connectivity index (χ0n) is 7.61. The lowest BCUT2D eigenvalue weighted by Gasteiger charge is -2.08. The topological polar surface area (TPSA) is 63.4 Å². The van der Waals surface area contributed by atoms with E-state index in [1.54, 1.807) is 12.1 Å². The van der Waals surface area contributed by atoms with E-state index in [-0.39, 0.29) is 18.2 Å². The van der Waals surface area contributed by atoms with Gasteiger partial charge in [0, 0.05) is 18.6 Å². The molecule has 14 heavy (non-hydrogen) atoms. The third-order valence-electron chi connectivity index (χ3n) is 2.01. The maximum absolute atomic E-state index is 10.5. The molecule has 0 fully saturated rings. The molecule has 1 aromatic carbocycles. The van der Waals surface area contributed by atoms with Crippen LogP contribution in [0.4, 0.5) is 5.69 Å². The quantitative estimate of drug-likeness (QED) is 0.670. The Hall–Kier alpha value is -0.940. The first-order valence-corrected chi connectivity index (χ1v) is 4.90. The van der Waals surface area contributed by atoms with Crippen molar-refractivity contribution in [2.75, 3.05) is 6.61 Å². The molecule has 0 spiro atoms. The van der Waals surface area contributed by atoms with E-state index in [4.69, 9.17) is 5.11 Å². The predicted octanol–water partition coefficient (Wildman–Crippen LogP) is 2.45. The summed E-state index contributed by atoms with van der Waals surface area (Å²) >= 11 is 3.12. The van der Waals surface area contributed by atoms with Gasteiger partial charge in [-0.15, -0.1) is 0 Å². The van der Waals surface area contributed by atoms with E-state index in [9.17, 15) is 10.1 Å². The number of hydrogen-bond donors (Lipinski definition) is 1. The van der Waals surface area contributed by atoms with Gasteiger partial charge in [0.15, 0.2) is 0 Å². The number of rotatable bonds is 3. The van der Waals surface area contributed by atoms with E-state index in [0.717, 1.165) is 5.56 Å². The van der Waals surface area contributed by atoms with Gasteiger partial charge in [-0.1, -0.05) is 13.0 Å². The van der Waals surface area contributed by atoms with Gasteiger partial charge >= 0.3 is 0 Å². The molecule has 0 saturated carbocycles. The number of halogens is 1. The van der Waals surface area contributed by atoms with Gasteiger partial charge in [0.2, 0.25) is 0 Å². The summed E-state index contributed by atoms with van der Waals surface area (Å²) in [5.74, 6) is -0.00731. The summed E-state index contributed by atoms with van der Waals surface area (Å²) in [5.41, 5.74) is 0.920. The SMILES string of the molecule is CC(CO)c1ccc([N+](=O)[O-])c(Br)c1. The second kappa shape index (κ2) is 4.52. The van der Waals surface area contributed by atoms with Crippen LogP contribution in [0.15, 0.2) is 22.7 Å². The van der Waals surface area contributed by atoms with Gasteiger partial charge in [0.05, 0.1) is 9.40 Å². The average Bonchev–Trinajstić information content (AvgIpc) is 2.15. The predicted molar refractivity (Wildman–Crippen MR) is 56.3 cm³/mol. The highest BCUT2D eigenvalue weighted by atomic mass is 79.9. The molecule has 0 aliphatic heterocycles. The summed E-state index contributed by atoms with van der Waals surface area (Å²) in [4.78, 5) is 10.1. The molecule has 0 saturated heterocycles. The number of aliphatic hydroxyl groups is 1. The molecule has 1 unspecified atom stereocenters. The summed E-state index contributed by atoms with van der Waals surface area (Å²) in [5, 5.41) is 19.4. The van der Waals surface area contributed by atoms with E-state index in [1.165, 1.54) is 6.07 Å². The molecule has 1 N–H and O–H groups in total. The minimum atomic E-state index is -0.447. The number of benzene rings is 1. The van der Waals surface area contributed by atoms with Crippen LogP contribution in [0.1, 0.15) is 18.4 Å². The Labute approximate surface area is 89.8 Å². The smallest absolute Gasteiger partial charge is 0.283 e. The van der Waals surface area contributed by atoms with Gasteiger partial charge in [-0.05, 0) is 27.6 Å².